The minimum Gasteiger partial charge on any atom is -0.480 e. The zero-order valence-electron chi connectivity index (χ0n) is 24.6. The molecular formula is C28H43NO10. The highest BCUT2D eigenvalue weighted by molar-refractivity contribution is 5.75. The molecule has 1 rings (SSSR count). The SMILES string of the molecule is CC(COC(=O)CC(C)(C)C)C(c1ccc(OC(=O)OC(C)(C)C)c(OC(=O)OC(C)(C)C)c1)[C@H](N)C(=O)O. The zero-order chi connectivity index (χ0) is 30.3. The van der Waals surface area contributed by atoms with Crippen LogP contribution in [0.25, 0.3) is 0 Å². The molecule has 0 aliphatic rings. The lowest BCUT2D eigenvalue weighted by Crippen LogP contribution is -2.40. The zero-order valence-corrected chi connectivity index (χ0v) is 24.6. The van der Waals surface area contributed by atoms with Gasteiger partial charge in [0.2, 0.25) is 0 Å². The van der Waals surface area contributed by atoms with Crippen molar-refractivity contribution in [2.45, 2.75) is 98.8 Å². The van der Waals surface area contributed by atoms with Crippen molar-refractivity contribution in [3.8, 4) is 11.5 Å². The molecule has 11 heteroatoms. The standard InChI is InChI=1S/C28H43NO10/c1-16(15-35-20(30)14-26(2,3)4)21(22(29)23(31)32)17-11-12-18(36-24(33)38-27(5,6)7)19(13-17)37-25(34)39-28(8,9)10/h11-13,16,21-22H,14-15,29H2,1-10H3,(H,31,32)/t16?,21?,22-/m0/s1. The van der Waals surface area contributed by atoms with Crippen LogP contribution in [0.15, 0.2) is 18.2 Å². The van der Waals surface area contributed by atoms with Crippen LogP contribution in [-0.2, 0) is 23.8 Å². The molecule has 0 bridgehead atoms. The van der Waals surface area contributed by atoms with E-state index in [4.69, 9.17) is 29.4 Å². The topological polar surface area (TPSA) is 161 Å². The van der Waals surface area contributed by atoms with Crippen molar-refractivity contribution in [1.29, 1.82) is 0 Å². The Balaban J connectivity index is 3.40. The third-order valence-electron chi connectivity index (χ3n) is 4.99. The van der Waals surface area contributed by atoms with Crippen LogP contribution in [-0.4, -0.2) is 53.2 Å². The second kappa shape index (κ2) is 13.1. The van der Waals surface area contributed by atoms with Crippen LogP contribution in [0.5, 0.6) is 11.5 Å². The van der Waals surface area contributed by atoms with Crippen molar-refractivity contribution < 1.29 is 48.0 Å². The summed E-state index contributed by atoms with van der Waals surface area (Å²) in [6.45, 7) is 17.2. The Morgan fingerprint density at radius 1 is 0.846 bits per heavy atom. The number of esters is 1. The average molecular weight is 554 g/mol. The van der Waals surface area contributed by atoms with Crippen molar-refractivity contribution in [3.63, 3.8) is 0 Å². The Morgan fingerprint density at radius 3 is 1.77 bits per heavy atom. The molecule has 0 radical (unpaired) electrons. The van der Waals surface area contributed by atoms with E-state index < -0.39 is 53.3 Å². The molecule has 1 aromatic rings. The number of rotatable bonds is 9. The molecule has 0 aliphatic heterocycles. The molecule has 3 atom stereocenters. The predicted octanol–water partition coefficient (Wildman–Crippen LogP) is 5.43. The Bertz CT molecular complexity index is 1030. The first-order chi connectivity index (χ1) is 17.6. The smallest absolute Gasteiger partial charge is 0.480 e. The van der Waals surface area contributed by atoms with Gasteiger partial charge in [-0.3, -0.25) is 9.59 Å². The molecule has 0 aromatic heterocycles. The van der Waals surface area contributed by atoms with Gasteiger partial charge in [-0.2, -0.15) is 0 Å². The summed E-state index contributed by atoms with van der Waals surface area (Å²) in [7, 11) is 0. The Morgan fingerprint density at radius 2 is 1.33 bits per heavy atom. The minimum atomic E-state index is -1.40. The fourth-order valence-electron chi connectivity index (χ4n) is 3.47. The van der Waals surface area contributed by atoms with E-state index >= 15 is 0 Å². The maximum atomic E-state index is 12.5. The lowest BCUT2D eigenvalue weighted by Gasteiger charge is -2.28. The Kier molecular flexibility index (Phi) is 11.4. The van der Waals surface area contributed by atoms with Crippen LogP contribution in [0.1, 0.15) is 87.1 Å². The third-order valence-corrected chi connectivity index (χ3v) is 4.99. The van der Waals surface area contributed by atoms with Crippen molar-refractivity contribution >= 4 is 24.2 Å². The van der Waals surface area contributed by atoms with E-state index in [1.807, 2.05) is 20.8 Å². The first-order valence-corrected chi connectivity index (χ1v) is 12.7. The molecule has 0 amide bonds. The third kappa shape index (κ3) is 12.8. The molecule has 0 saturated heterocycles. The molecule has 0 heterocycles. The number of ether oxygens (including phenoxy) is 5. The molecule has 3 N–H and O–H groups in total. The van der Waals surface area contributed by atoms with E-state index in [2.05, 4.69) is 0 Å². The van der Waals surface area contributed by atoms with Gasteiger partial charge in [0, 0.05) is 5.92 Å². The van der Waals surface area contributed by atoms with E-state index in [1.165, 1.54) is 18.2 Å². The summed E-state index contributed by atoms with van der Waals surface area (Å²) in [4.78, 5) is 48.9. The van der Waals surface area contributed by atoms with Gasteiger partial charge in [0.1, 0.15) is 17.2 Å². The molecule has 11 nitrogen and oxygen atoms in total. The highest BCUT2D eigenvalue weighted by atomic mass is 16.8. The average Bonchev–Trinajstić information content (AvgIpc) is 2.70. The summed E-state index contributed by atoms with van der Waals surface area (Å²) in [6, 6.07) is 2.76. The quantitative estimate of drug-likeness (QED) is 0.228. The van der Waals surface area contributed by atoms with Crippen LogP contribution >= 0.6 is 0 Å². The second-order valence-electron chi connectivity index (χ2n) is 12.6. The molecular weight excluding hydrogens is 510 g/mol. The summed E-state index contributed by atoms with van der Waals surface area (Å²) in [5, 5.41) is 9.69. The fraction of sp³-hybridized carbons (Fsp3) is 0.643. The summed E-state index contributed by atoms with van der Waals surface area (Å²) in [5.74, 6) is -3.50. The van der Waals surface area contributed by atoms with Gasteiger partial charge in [-0.1, -0.05) is 33.8 Å². The van der Waals surface area contributed by atoms with Gasteiger partial charge >= 0.3 is 24.2 Å². The van der Waals surface area contributed by atoms with Crippen LogP contribution in [0.4, 0.5) is 9.59 Å². The van der Waals surface area contributed by atoms with Gasteiger partial charge in [-0.25, -0.2) is 9.59 Å². The van der Waals surface area contributed by atoms with Crippen molar-refractivity contribution in [3.05, 3.63) is 23.8 Å². The molecule has 0 aliphatic carbocycles. The van der Waals surface area contributed by atoms with Crippen molar-refractivity contribution in [1.82, 2.24) is 0 Å². The Labute approximate surface area is 230 Å². The molecule has 220 valence electrons. The first kappa shape index (κ1) is 33.7. The number of nitrogens with two attached hydrogens (primary N) is 1. The second-order valence-corrected chi connectivity index (χ2v) is 12.6. The number of carboxylic acids is 1. The fourth-order valence-corrected chi connectivity index (χ4v) is 3.47. The molecule has 0 fully saturated rings. The summed E-state index contributed by atoms with van der Waals surface area (Å²) >= 11 is 0. The number of hydrogen-bond donors (Lipinski definition) is 2. The monoisotopic (exact) mass is 553 g/mol. The first-order valence-electron chi connectivity index (χ1n) is 12.7. The largest absolute Gasteiger partial charge is 0.514 e. The minimum absolute atomic E-state index is 0.0982. The summed E-state index contributed by atoms with van der Waals surface area (Å²) < 4.78 is 26.4. The van der Waals surface area contributed by atoms with Gasteiger partial charge in [0.05, 0.1) is 13.0 Å². The molecule has 1 aromatic carbocycles. The number of carbonyl (C=O) groups excluding carboxylic acids is 3. The number of aliphatic carboxylic acids is 1. The van der Waals surface area contributed by atoms with E-state index in [-0.39, 0.29) is 29.9 Å². The maximum Gasteiger partial charge on any atom is 0.514 e. The van der Waals surface area contributed by atoms with Crippen LogP contribution < -0.4 is 15.2 Å². The van der Waals surface area contributed by atoms with Crippen LogP contribution in [0.2, 0.25) is 0 Å². The van der Waals surface area contributed by atoms with E-state index in [0.717, 1.165) is 0 Å². The Hall–Kier alpha value is -3.34. The lowest BCUT2D eigenvalue weighted by molar-refractivity contribution is -0.147. The lowest BCUT2D eigenvalue weighted by atomic mass is 9.82. The molecule has 0 saturated carbocycles. The number of carbonyl (C=O) groups is 4. The van der Waals surface area contributed by atoms with Gasteiger partial charge in [0.25, 0.3) is 0 Å². The van der Waals surface area contributed by atoms with E-state index in [9.17, 15) is 24.3 Å². The number of benzene rings is 1. The van der Waals surface area contributed by atoms with Crippen molar-refractivity contribution in [2.75, 3.05) is 6.61 Å². The molecule has 2 unspecified atom stereocenters. The predicted molar refractivity (Wildman–Crippen MR) is 143 cm³/mol. The van der Waals surface area contributed by atoms with Gasteiger partial charge < -0.3 is 34.5 Å². The van der Waals surface area contributed by atoms with Crippen LogP contribution in [0, 0.1) is 11.3 Å². The number of hydrogen-bond acceptors (Lipinski definition) is 10. The van der Waals surface area contributed by atoms with Crippen LogP contribution in [0.3, 0.4) is 0 Å². The highest BCUT2D eigenvalue weighted by Gasteiger charge is 2.33. The number of carboxylic acid groups (broad SMARTS) is 1. The van der Waals surface area contributed by atoms with E-state index in [0.29, 0.717) is 5.56 Å². The maximum absolute atomic E-state index is 12.5. The summed E-state index contributed by atoms with van der Waals surface area (Å²) in [6.07, 6.45) is -1.93. The van der Waals surface area contributed by atoms with Gasteiger partial charge in [-0.15, -0.1) is 0 Å². The molecule has 0 spiro atoms. The van der Waals surface area contributed by atoms with E-state index in [1.54, 1.807) is 48.5 Å². The highest BCUT2D eigenvalue weighted by Crippen LogP contribution is 2.36. The normalized spacial score (nSPS) is 14.4. The summed E-state index contributed by atoms with van der Waals surface area (Å²) in [5.41, 5.74) is 4.39. The van der Waals surface area contributed by atoms with Gasteiger partial charge in [-0.05, 0) is 70.6 Å². The molecule has 39 heavy (non-hydrogen) atoms. The van der Waals surface area contributed by atoms with Gasteiger partial charge in [0.15, 0.2) is 11.5 Å². The van der Waals surface area contributed by atoms with Crippen molar-refractivity contribution in [2.24, 2.45) is 17.1 Å².